The lowest BCUT2D eigenvalue weighted by Crippen LogP contribution is -2.26. The van der Waals surface area contributed by atoms with Crippen LogP contribution in [0.1, 0.15) is 62.1 Å². The summed E-state index contributed by atoms with van der Waals surface area (Å²) in [7, 11) is 0. The third kappa shape index (κ3) is 5.53. The molecular weight excluding hydrogens is 400 g/mol. The third-order valence-corrected chi connectivity index (χ3v) is 6.12. The van der Waals surface area contributed by atoms with Crippen LogP contribution in [-0.2, 0) is 5.41 Å². The lowest BCUT2D eigenvalue weighted by Gasteiger charge is -2.31. The van der Waals surface area contributed by atoms with Crippen molar-refractivity contribution in [1.29, 1.82) is 0 Å². The molecule has 0 aliphatic rings. The Morgan fingerprint density at radius 3 is 2.30 bits per heavy atom. The van der Waals surface area contributed by atoms with Gasteiger partial charge in [0.1, 0.15) is 17.4 Å². The summed E-state index contributed by atoms with van der Waals surface area (Å²) in [5.74, 6) is -1.08. The van der Waals surface area contributed by atoms with Crippen LogP contribution in [-0.4, -0.2) is 35.0 Å². The molecule has 2 aromatic carbocycles. The smallest absolute Gasteiger partial charge is 0.339 e. The Bertz CT molecular complexity index is 905. The largest absolute Gasteiger partial charge is 0.507 e. The number of carboxylic acids is 1. The monoisotopic (exact) mass is 430 g/mol. The van der Waals surface area contributed by atoms with E-state index in [4.69, 9.17) is 5.11 Å². The first-order chi connectivity index (χ1) is 14.1. The highest BCUT2D eigenvalue weighted by atomic mass is 32.2. The summed E-state index contributed by atoms with van der Waals surface area (Å²) in [5, 5.41) is 22.2. The molecular formula is C23H30N2O4S. The summed E-state index contributed by atoms with van der Waals surface area (Å²) in [6.07, 6.45) is 0. The summed E-state index contributed by atoms with van der Waals surface area (Å²) >= 11 is 1.36. The van der Waals surface area contributed by atoms with Gasteiger partial charge in [0.2, 0.25) is 0 Å². The van der Waals surface area contributed by atoms with Crippen molar-refractivity contribution in [1.82, 2.24) is 0 Å². The Morgan fingerprint density at radius 2 is 1.80 bits per heavy atom. The molecule has 0 aliphatic carbocycles. The molecule has 7 heteroatoms. The summed E-state index contributed by atoms with van der Waals surface area (Å²) in [6, 6.07) is 9.94. The van der Waals surface area contributed by atoms with Crippen molar-refractivity contribution in [2.45, 2.75) is 51.0 Å². The van der Waals surface area contributed by atoms with Crippen molar-refractivity contribution in [3.63, 3.8) is 0 Å². The van der Waals surface area contributed by atoms with E-state index in [1.807, 2.05) is 6.07 Å². The number of nitroso groups, excluding NO2 is 1. The molecule has 2 rings (SSSR count). The predicted molar refractivity (Wildman–Crippen MR) is 123 cm³/mol. The van der Waals surface area contributed by atoms with Crippen molar-refractivity contribution in [3.8, 4) is 5.75 Å². The van der Waals surface area contributed by atoms with E-state index in [-0.39, 0.29) is 16.7 Å². The van der Waals surface area contributed by atoms with E-state index in [1.54, 1.807) is 6.07 Å². The Morgan fingerprint density at radius 1 is 1.13 bits per heavy atom. The highest BCUT2D eigenvalue weighted by Gasteiger charge is 2.23. The molecule has 0 saturated carbocycles. The van der Waals surface area contributed by atoms with E-state index in [9.17, 15) is 14.8 Å². The van der Waals surface area contributed by atoms with Crippen molar-refractivity contribution in [2.24, 2.45) is 5.18 Å². The van der Waals surface area contributed by atoms with Gasteiger partial charge in [-0.25, -0.2) is 4.79 Å². The highest BCUT2D eigenvalue weighted by molar-refractivity contribution is 7.99. The Balaban J connectivity index is 2.29. The third-order valence-electron chi connectivity index (χ3n) is 5.05. The van der Waals surface area contributed by atoms with Crippen molar-refractivity contribution >= 4 is 23.4 Å². The molecule has 2 aromatic rings. The molecule has 6 nitrogen and oxygen atoms in total. The lowest BCUT2D eigenvalue weighted by molar-refractivity contribution is 0.0693. The fourth-order valence-corrected chi connectivity index (χ4v) is 4.31. The van der Waals surface area contributed by atoms with Crippen LogP contribution in [0, 0.1) is 4.91 Å². The van der Waals surface area contributed by atoms with Crippen LogP contribution in [0.5, 0.6) is 5.75 Å². The summed E-state index contributed by atoms with van der Waals surface area (Å²) < 4.78 is 0. The number of aromatic hydroxyl groups is 1. The lowest BCUT2D eigenvalue weighted by atomic mass is 9.83. The zero-order valence-electron chi connectivity index (χ0n) is 18.2. The van der Waals surface area contributed by atoms with Crippen molar-refractivity contribution in [2.75, 3.05) is 23.7 Å². The van der Waals surface area contributed by atoms with Gasteiger partial charge in [0.15, 0.2) is 0 Å². The Kier molecular flexibility index (Phi) is 7.89. The number of nitrogens with zero attached hydrogens (tertiary/aromatic N) is 2. The average molecular weight is 431 g/mol. The number of aromatic carboxylic acids is 1. The SMILES string of the molecule is CCN(CC)c1ccc(C(CSc2ccc(C(=O)O)c(O)c2)N=O)cc1C(C)(C)C. The van der Waals surface area contributed by atoms with Gasteiger partial charge in [-0.1, -0.05) is 38.1 Å². The van der Waals surface area contributed by atoms with E-state index < -0.39 is 12.0 Å². The number of hydrogen-bond acceptors (Lipinski definition) is 6. The molecule has 0 radical (unpaired) electrons. The molecule has 162 valence electrons. The van der Waals surface area contributed by atoms with Gasteiger partial charge in [-0.05, 0) is 54.7 Å². The molecule has 0 bridgehead atoms. The molecule has 1 unspecified atom stereocenters. The minimum absolute atomic E-state index is 0.0903. The van der Waals surface area contributed by atoms with Gasteiger partial charge in [0.25, 0.3) is 0 Å². The molecule has 0 amide bonds. The van der Waals surface area contributed by atoms with Crippen LogP contribution < -0.4 is 4.90 Å². The maximum atomic E-state index is 11.6. The van der Waals surface area contributed by atoms with Gasteiger partial charge in [-0.3, -0.25) is 0 Å². The van der Waals surface area contributed by atoms with Gasteiger partial charge < -0.3 is 15.1 Å². The summed E-state index contributed by atoms with van der Waals surface area (Å²) in [5.41, 5.74) is 2.96. The number of carboxylic acid groups (broad SMARTS) is 1. The standard InChI is InChI=1S/C23H30N2O4S/c1-6-25(7-2)20-11-8-15(12-18(20)23(3,4)5)19(24-29)14-30-16-9-10-17(22(27)28)21(26)13-16/h8-13,19,26H,6-7,14H2,1-5H3,(H,27,28). The molecule has 0 spiro atoms. The second kappa shape index (κ2) is 9.98. The minimum atomic E-state index is -1.18. The van der Waals surface area contributed by atoms with Gasteiger partial charge in [-0.15, -0.1) is 11.8 Å². The molecule has 0 aromatic heterocycles. The zero-order valence-corrected chi connectivity index (χ0v) is 19.0. The Labute approximate surface area is 182 Å². The number of rotatable bonds is 9. The Hall–Kier alpha value is -2.54. The second-order valence-electron chi connectivity index (χ2n) is 8.12. The summed E-state index contributed by atoms with van der Waals surface area (Å²) in [6.45, 7) is 12.5. The summed E-state index contributed by atoms with van der Waals surface area (Å²) in [4.78, 5) is 25.6. The van der Waals surface area contributed by atoms with Gasteiger partial charge in [0.05, 0.1) is 0 Å². The predicted octanol–water partition coefficient (Wildman–Crippen LogP) is 5.83. The van der Waals surface area contributed by atoms with Crippen LogP contribution in [0.25, 0.3) is 0 Å². The first-order valence-corrected chi connectivity index (χ1v) is 11.0. The van der Waals surface area contributed by atoms with Gasteiger partial charge in [0, 0.05) is 29.4 Å². The number of carbonyl (C=O) groups is 1. The van der Waals surface area contributed by atoms with Crippen LogP contribution >= 0.6 is 11.8 Å². The number of phenols is 1. The second-order valence-corrected chi connectivity index (χ2v) is 9.21. The number of thioether (sulfide) groups is 1. The molecule has 0 aliphatic heterocycles. The molecule has 0 heterocycles. The van der Waals surface area contributed by atoms with Gasteiger partial charge in [-0.2, -0.15) is 4.91 Å². The van der Waals surface area contributed by atoms with Crippen molar-refractivity contribution < 1.29 is 15.0 Å². The highest BCUT2D eigenvalue weighted by Crippen LogP contribution is 2.36. The van der Waals surface area contributed by atoms with Crippen LogP contribution in [0.4, 0.5) is 5.69 Å². The van der Waals surface area contributed by atoms with Crippen LogP contribution in [0.15, 0.2) is 46.5 Å². The van der Waals surface area contributed by atoms with Crippen molar-refractivity contribution in [3.05, 3.63) is 58.0 Å². The zero-order chi connectivity index (χ0) is 22.5. The molecule has 0 fully saturated rings. The van der Waals surface area contributed by atoms with E-state index in [1.165, 1.54) is 35.1 Å². The van der Waals surface area contributed by atoms with E-state index in [2.05, 4.69) is 56.8 Å². The fourth-order valence-electron chi connectivity index (χ4n) is 3.35. The first kappa shape index (κ1) is 23.7. The fraction of sp³-hybridized carbons (Fsp3) is 0.435. The normalized spacial score (nSPS) is 12.4. The first-order valence-electron chi connectivity index (χ1n) is 10.0. The van der Waals surface area contributed by atoms with Crippen LogP contribution in [0.2, 0.25) is 0 Å². The maximum Gasteiger partial charge on any atom is 0.339 e. The van der Waals surface area contributed by atoms with Gasteiger partial charge >= 0.3 is 5.97 Å². The quantitative estimate of drug-likeness (QED) is 0.384. The molecule has 0 saturated heterocycles. The number of hydrogen-bond donors (Lipinski definition) is 2. The molecule has 1 atom stereocenters. The van der Waals surface area contributed by atoms with E-state index >= 15 is 0 Å². The maximum absolute atomic E-state index is 11.6. The molecule has 2 N–H and O–H groups in total. The van der Waals surface area contributed by atoms with E-state index in [0.29, 0.717) is 10.6 Å². The number of benzene rings is 2. The number of anilines is 1. The minimum Gasteiger partial charge on any atom is -0.507 e. The average Bonchev–Trinajstić information content (AvgIpc) is 2.69. The van der Waals surface area contributed by atoms with E-state index in [0.717, 1.165) is 18.7 Å². The molecule has 30 heavy (non-hydrogen) atoms. The topological polar surface area (TPSA) is 90.2 Å². The van der Waals surface area contributed by atoms with Crippen LogP contribution in [0.3, 0.4) is 0 Å².